The number of hydrogen-bond donors (Lipinski definition) is 0. The third-order valence-electron chi connectivity index (χ3n) is 2.37. The maximum Gasteiger partial charge on any atom is 2.00 e. The Bertz CT molecular complexity index is 318. The van der Waals surface area contributed by atoms with Gasteiger partial charge in [0.05, 0.1) is 26.4 Å². The van der Waals surface area contributed by atoms with Crippen LogP contribution in [0.25, 0.3) is 0 Å². The van der Waals surface area contributed by atoms with Gasteiger partial charge in [-0.1, -0.05) is 0 Å². The third-order valence-corrected chi connectivity index (χ3v) is 2.37. The van der Waals surface area contributed by atoms with Gasteiger partial charge in [-0.05, 0) is 27.7 Å². The number of carboxylic acid groups (broad SMARTS) is 2. The number of ether oxygens (including phenoxy) is 6. The minimum atomic E-state index is -2.05. The molecule has 0 N–H and O–H groups in total. The number of rotatable bonds is 12. The molecule has 0 aliphatic carbocycles. The predicted octanol–water partition coefficient (Wildman–Crippen LogP) is -2.16. The molecule has 0 saturated carbocycles. The van der Waals surface area contributed by atoms with Crippen molar-refractivity contribution in [1.29, 1.82) is 0 Å². The van der Waals surface area contributed by atoms with Crippen LogP contribution in [0.4, 0.5) is 0 Å². The Balaban J connectivity index is -0.000000372. The first kappa shape index (κ1) is 29.4. The van der Waals surface area contributed by atoms with Crippen molar-refractivity contribution in [3.63, 3.8) is 0 Å². The first-order valence-corrected chi connectivity index (χ1v) is 7.34. The average molecular weight is 562 g/mol. The molecule has 0 unspecified atom stereocenters. The van der Waals surface area contributed by atoms with Gasteiger partial charge in [0.1, 0.15) is 11.9 Å². The van der Waals surface area contributed by atoms with Crippen molar-refractivity contribution in [2.45, 2.75) is 39.6 Å². The van der Waals surface area contributed by atoms with Crippen LogP contribution in [-0.4, -0.2) is 91.8 Å². The van der Waals surface area contributed by atoms with Crippen molar-refractivity contribution in [3.8, 4) is 0 Å². The fourth-order valence-electron chi connectivity index (χ4n) is 1.48. The average Bonchev–Trinajstić information content (AvgIpc) is 2.54. The Hall–Kier alpha value is -0.378. The summed E-state index contributed by atoms with van der Waals surface area (Å²) in [5.74, 6) is -7.17. The maximum absolute atomic E-state index is 10.5. The molecule has 0 rings (SSSR count). The molecule has 0 aromatic rings. The summed E-state index contributed by atoms with van der Waals surface area (Å²) in [7, 11) is 2.36. The molecule has 0 amide bonds. The fourth-order valence-corrected chi connectivity index (χ4v) is 1.48. The molecule has 0 saturated heterocycles. The first-order valence-electron chi connectivity index (χ1n) is 7.34. The summed E-state index contributed by atoms with van der Waals surface area (Å²) in [5.41, 5.74) is 0. The molecule has 0 aliphatic heterocycles. The summed E-state index contributed by atoms with van der Waals surface area (Å²) in [5, 5.41) is 21.1. The van der Waals surface area contributed by atoms with Crippen molar-refractivity contribution in [1.82, 2.24) is 0 Å². The predicted molar refractivity (Wildman–Crippen MR) is 81.8 cm³/mol. The standard InChI is InChI=1S/2C7H14O5.Pb/c2*1-4-11-7(10-3,6(8)9)12-5-2;/h2*4-5H2,1-3H3,(H,8,9);/q;;+2/p-2. The largest absolute Gasteiger partial charge is 2.00 e. The van der Waals surface area contributed by atoms with Gasteiger partial charge in [-0.15, -0.1) is 0 Å². The van der Waals surface area contributed by atoms with E-state index in [9.17, 15) is 19.8 Å². The van der Waals surface area contributed by atoms with Gasteiger partial charge in [0.25, 0.3) is 0 Å². The van der Waals surface area contributed by atoms with Gasteiger partial charge in [0.2, 0.25) is 0 Å². The van der Waals surface area contributed by atoms with Crippen LogP contribution < -0.4 is 10.2 Å². The fraction of sp³-hybridized carbons (Fsp3) is 0.857. The minimum Gasteiger partial charge on any atom is -0.542 e. The van der Waals surface area contributed by atoms with E-state index in [1.807, 2.05) is 0 Å². The molecule has 0 aromatic heterocycles. The smallest absolute Gasteiger partial charge is 0.542 e. The van der Waals surface area contributed by atoms with E-state index in [1.165, 1.54) is 14.2 Å². The van der Waals surface area contributed by atoms with Crippen molar-refractivity contribution < 1.29 is 48.2 Å². The van der Waals surface area contributed by atoms with Crippen LogP contribution >= 0.6 is 0 Å². The number of carboxylic acids is 2. The SMILES string of the molecule is CCOC(OC)(OCC)C(=O)[O-].CCOC(OC)(OCC)C(=O)[O-].[Pb+2]. The second-order valence-corrected chi connectivity index (χ2v) is 3.83. The zero-order valence-corrected chi connectivity index (χ0v) is 19.3. The molecule has 0 bridgehead atoms. The quantitative estimate of drug-likeness (QED) is 0.192. The zero-order valence-electron chi connectivity index (χ0n) is 15.4. The molecule has 25 heavy (non-hydrogen) atoms. The molecule has 0 aromatic carbocycles. The summed E-state index contributed by atoms with van der Waals surface area (Å²) >= 11 is 0. The molecule has 0 spiro atoms. The molecule has 11 heteroatoms. The summed E-state index contributed by atoms with van der Waals surface area (Å²) in [6.45, 7) is 7.21. The number of hydrogen-bond acceptors (Lipinski definition) is 10. The normalized spacial score (nSPS) is 11.1. The second-order valence-electron chi connectivity index (χ2n) is 3.83. The number of carbonyl (C=O) groups is 2. The van der Waals surface area contributed by atoms with Crippen molar-refractivity contribution >= 4 is 39.2 Å². The van der Waals surface area contributed by atoms with Crippen LogP contribution in [0.3, 0.4) is 0 Å². The van der Waals surface area contributed by atoms with Crippen LogP contribution in [0.1, 0.15) is 27.7 Å². The van der Waals surface area contributed by atoms with Crippen LogP contribution in [0.15, 0.2) is 0 Å². The first-order chi connectivity index (χ1) is 11.3. The maximum atomic E-state index is 10.5. The Morgan fingerprint density at radius 3 is 0.960 bits per heavy atom. The van der Waals surface area contributed by atoms with Crippen LogP contribution in [0.5, 0.6) is 0 Å². The second kappa shape index (κ2) is 15.8. The Kier molecular flexibility index (Phi) is 18.6. The zero-order chi connectivity index (χ0) is 19.2. The Morgan fingerprint density at radius 1 is 0.680 bits per heavy atom. The van der Waals surface area contributed by atoms with E-state index in [-0.39, 0.29) is 53.7 Å². The molecule has 0 heterocycles. The summed E-state index contributed by atoms with van der Waals surface area (Å²) in [6.07, 6.45) is 0. The molecule has 0 atom stereocenters. The van der Waals surface area contributed by atoms with Crippen LogP contribution in [-0.2, 0) is 38.0 Å². The molecular weight excluding hydrogens is 535 g/mol. The van der Waals surface area contributed by atoms with E-state index >= 15 is 0 Å². The number of methoxy groups -OCH3 is 2. The van der Waals surface area contributed by atoms with E-state index in [0.717, 1.165) is 0 Å². The molecule has 2 radical (unpaired) electrons. The third kappa shape index (κ3) is 9.77. The van der Waals surface area contributed by atoms with Crippen LogP contribution in [0, 0.1) is 0 Å². The summed E-state index contributed by atoms with van der Waals surface area (Å²) < 4.78 is 28.2. The van der Waals surface area contributed by atoms with E-state index in [2.05, 4.69) is 9.47 Å². The van der Waals surface area contributed by atoms with Gasteiger partial charge < -0.3 is 48.2 Å². The van der Waals surface area contributed by atoms with Crippen molar-refractivity contribution in [2.75, 3.05) is 40.6 Å². The van der Waals surface area contributed by atoms with Crippen molar-refractivity contribution in [2.24, 2.45) is 0 Å². The number of aliphatic carboxylic acids is 2. The molecule has 0 aliphatic rings. The minimum absolute atomic E-state index is 0. The number of carbonyl (C=O) groups excluding carboxylic acids is 2. The van der Waals surface area contributed by atoms with Crippen LogP contribution in [0.2, 0.25) is 0 Å². The molecule has 0 fully saturated rings. The molecule has 146 valence electrons. The van der Waals surface area contributed by atoms with Gasteiger partial charge in [0, 0.05) is 14.2 Å². The van der Waals surface area contributed by atoms with Gasteiger partial charge in [-0.25, -0.2) is 0 Å². The van der Waals surface area contributed by atoms with E-state index in [4.69, 9.17) is 18.9 Å². The topological polar surface area (TPSA) is 136 Å². The monoisotopic (exact) mass is 562 g/mol. The van der Waals surface area contributed by atoms with Gasteiger partial charge >= 0.3 is 39.2 Å². The Labute approximate surface area is 167 Å². The summed E-state index contributed by atoms with van der Waals surface area (Å²) in [4.78, 5) is 21.1. The van der Waals surface area contributed by atoms with Gasteiger partial charge in [-0.3, -0.25) is 0 Å². The van der Waals surface area contributed by atoms with Gasteiger partial charge in [0.15, 0.2) is 0 Å². The molecule has 10 nitrogen and oxygen atoms in total. The van der Waals surface area contributed by atoms with E-state index < -0.39 is 23.9 Å². The molecular formula is C14H26O10Pb. The van der Waals surface area contributed by atoms with Gasteiger partial charge in [-0.2, -0.15) is 0 Å². The van der Waals surface area contributed by atoms with Crippen molar-refractivity contribution in [3.05, 3.63) is 0 Å². The van der Waals surface area contributed by atoms with E-state index in [0.29, 0.717) is 0 Å². The Morgan fingerprint density at radius 2 is 0.880 bits per heavy atom. The summed E-state index contributed by atoms with van der Waals surface area (Å²) in [6, 6.07) is 0. The van der Waals surface area contributed by atoms with E-state index in [1.54, 1.807) is 27.7 Å².